The number of benzene rings is 2. The molecule has 2 N–H and O–H groups in total. The fourth-order valence-electron chi connectivity index (χ4n) is 2.58. The molecule has 0 unspecified atom stereocenters. The number of nitrogens with one attached hydrogen (secondary N) is 1. The van der Waals surface area contributed by atoms with E-state index in [9.17, 15) is 14.7 Å². The van der Waals surface area contributed by atoms with Crippen molar-refractivity contribution in [3.63, 3.8) is 0 Å². The van der Waals surface area contributed by atoms with Gasteiger partial charge in [0.2, 0.25) is 5.75 Å². The van der Waals surface area contributed by atoms with Gasteiger partial charge >= 0.3 is 0 Å². The number of carbonyl (C=O) groups excluding carboxylic acids is 2. The van der Waals surface area contributed by atoms with Gasteiger partial charge in [0.1, 0.15) is 0 Å². The normalized spacial score (nSPS) is 15.0. The molecule has 2 aromatic rings. The van der Waals surface area contributed by atoms with Crippen molar-refractivity contribution in [3.8, 4) is 17.2 Å². The Morgan fingerprint density at radius 2 is 1.76 bits per heavy atom. The van der Waals surface area contributed by atoms with Crippen LogP contribution < -0.4 is 14.9 Å². The van der Waals surface area contributed by atoms with Gasteiger partial charge in [0.05, 0.1) is 19.1 Å². The van der Waals surface area contributed by atoms with Crippen molar-refractivity contribution < 1.29 is 24.2 Å². The molecule has 0 saturated carbocycles. The number of nitrogens with zero attached hydrogens (tertiary/aromatic N) is 1. The molecule has 0 aliphatic carbocycles. The van der Waals surface area contributed by atoms with Crippen molar-refractivity contribution in [1.82, 2.24) is 10.4 Å². The minimum atomic E-state index is -0.452. The number of carbonyl (C=O) groups is 2. The third kappa shape index (κ3) is 4.36. The summed E-state index contributed by atoms with van der Waals surface area (Å²) < 4.78 is 10.5. The van der Waals surface area contributed by atoms with Crippen LogP contribution in [0.2, 0.25) is 0 Å². The number of rotatable bonds is 5. The van der Waals surface area contributed by atoms with Crippen molar-refractivity contribution in [2.45, 2.75) is 6.92 Å². The van der Waals surface area contributed by atoms with E-state index in [1.165, 1.54) is 14.2 Å². The Morgan fingerprint density at radius 1 is 1.17 bits per heavy atom. The smallest absolute Gasteiger partial charge is 0.285 e. The van der Waals surface area contributed by atoms with E-state index in [0.717, 1.165) is 22.3 Å². The molecule has 0 spiro atoms. The van der Waals surface area contributed by atoms with Crippen LogP contribution >= 0.6 is 24.0 Å². The van der Waals surface area contributed by atoms with Gasteiger partial charge in [0.25, 0.3) is 11.8 Å². The Bertz CT molecular complexity index is 993. The highest BCUT2D eigenvalue weighted by Gasteiger charge is 2.34. The van der Waals surface area contributed by atoms with Crippen molar-refractivity contribution in [3.05, 3.63) is 58.0 Å². The highest BCUT2D eigenvalue weighted by atomic mass is 32.2. The Balaban J connectivity index is 1.83. The fourth-order valence-corrected chi connectivity index (χ4v) is 3.76. The lowest BCUT2D eigenvalue weighted by Crippen LogP contribution is -2.44. The highest BCUT2D eigenvalue weighted by Crippen LogP contribution is 2.39. The van der Waals surface area contributed by atoms with Gasteiger partial charge in [-0.25, -0.2) is 0 Å². The van der Waals surface area contributed by atoms with E-state index in [1.807, 2.05) is 19.1 Å². The second-order valence-electron chi connectivity index (χ2n) is 6.10. The Hall–Kier alpha value is -3.04. The maximum atomic E-state index is 12.7. The molecule has 2 aromatic carbocycles. The minimum Gasteiger partial charge on any atom is -0.502 e. The quantitative estimate of drug-likeness (QED) is 0.556. The van der Waals surface area contributed by atoms with E-state index >= 15 is 0 Å². The molecule has 1 fully saturated rings. The average Bonchev–Trinajstić information content (AvgIpc) is 2.96. The molecule has 3 rings (SSSR count). The first-order chi connectivity index (χ1) is 13.8. The maximum absolute atomic E-state index is 12.7. The van der Waals surface area contributed by atoms with Crippen LogP contribution in [0.4, 0.5) is 0 Å². The fraction of sp³-hybridized carbons (Fsp3) is 0.150. The van der Waals surface area contributed by atoms with Gasteiger partial charge in [0, 0.05) is 5.56 Å². The number of aryl methyl sites for hydroxylation is 1. The SMILES string of the molecule is COc1cc(/C=C2\SC(=S)N(NC(=O)c3ccc(C)cc3)C2=O)cc(OC)c1O. The number of thioether (sulfide) groups is 1. The zero-order valence-electron chi connectivity index (χ0n) is 15.9. The zero-order valence-corrected chi connectivity index (χ0v) is 17.5. The van der Waals surface area contributed by atoms with E-state index in [1.54, 1.807) is 30.3 Å². The van der Waals surface area contributed by atoms with Crippen LogP contribution in [-0.2, 0) is 4.79 Å². The van der Waals surface area contributed by atoms with E-state index in [-0.39, 0.29) is 21.6 Å². The average molecular weight is 431 g/mol. The molecule has 7 nitrogen and oxygen atoms in total. The lowest BCUT2D eigenvalue weighted by molar-refractivity contribution is -0.123. The van der Waals surface area contributed by atoms with Crippen LogP contribution in [0.25, 0.3) is 6.08 Å². The number of aromatic hydroxyl groups is 1. The van der Waals surface area contributed by atoms with Crippen LogP contribution in [0.5, 0.6) is 17.2 Å². The van der Waals surface area contributed by atoms with Gasteiger partial charge in [-0.3, -0.25) is 15.0 Å². The Morgan fingerprint density at radius 3 is 2.31 bits per heavy atom. The van der Waals surface area contributed by atoms with Gasteiger partial charge in [-0.05, 0) is 55.0 Å². The molecule has 1 heterocycles. The van der Waals surface area contributed by atoms with Crippen LogP contribution in [0.15, 0.2) is 41.3 Å². The number of phenols is 1. The predicted molar refractivity (Wildman–Crippen MR) is 115 cm³/mol. The van der Waals surface area contributed by atoms with Crippen LogP contribution in [0.3, 0.4) is 0 Å². The topological polar surface area (TPSA) is 88.1 Å². The van der Waals surface area contributed by atoms with Gasteiger partial charge in [-0.1, -0.05) is 29.5 Å². The monoisotopic (exact) mass is 430 g/mol. The van der Waals surface area contributed by atoms with Crippen LogP contribution in [-0.4, -0.2) is 40.5 Å². The number of methoxy groups -OCH3 is 2. The molecule has 0 bridgehead atoms. The summed E-state index contributed by atoms with van der Waals surface area (Å²) in [6, 6.07) is 10.1. The van der Waals surface area contributed by atoms with Crippen LogP contribution in [0, 0.1) is 6.92 Å². The lowest BCUT2D eigenvalue weighted by atomic mass is 10.1. The number of hydrogen-bond acceptors (Lipinski definition) is 7. The summed E-state index contributed by atoms with van der Waals surface area (Å²) in [5.41, 5.74) is 4.55. The van der Waals surface area contributed by atoms with Crippen molar-refractivity contribution in [1.29, 1.82) is 0 Å². The summed E-state index contributed by atoms with van der Waals surface area (Å²) in [5.74, 6) is -0.607. The summed E-state index contributed by atoms with van der Waals surface area (Å²) in [6.07, 6.45) is 1.59. The molecule has 2 amide bonds. The van der Waals surface area contributed by atoms with Gasteiger partial charge in [0.15, 0.2) is 15.8 Å². The summed E-state index contributed by atoms with van der Waals surface area (Å²) in [5, 5.41) is 11.1. The summed E-state index contributed by atoms with van der Waals surface area (Å²) in [7, 11) is 2.83. The van der Waals surface area contributed by atoms with Crippen molar-refractivity contribution in [2.75, 3.05) is 14.2 Å². The molecule has 0 aromatic heterocycles. The molecule has 150 valence electrons. The third-order valence-corrected chi connectivity index (χ3v) is 5.42. The molecule has 1 saturated heterocycles. The molecule has 29 heavy (non-hydrogen) atoms. The maximum Gasteiger partial charge on any atom is 0.285 e. The van der Waals surface area contributed by atoms with E-state index < -0.39 is 11.8 Å². The number of ether oxygens (including phenoxy) is 2. The molecular weight excluding hydrogens is 412 g/mol. The summed E-state index contributed by atoms with van der Waals surface area (Å²) in [4.78, 5) is 25.5. The molecule has 1 aliphatic rings. The number of phenolic OH excluding ortho intramolecular Hbond substituents is 1. The van der Waals surface area contributed by atoms with E-state index in [2.05, 4.69) is 5.43 Å². The first-order valence-corrected chi connectivity index (χ1v) is 9.67. The minimum absolute atomic E-state index is 0.134. The molecule has 0 atom stereocenters. The first-order valence-electron chi connectivity index (χ1n) is 8.44. The van der Waals surface area contributed by atoms with E-state index in [4.69, 9.17) is 21.7 Å². The van der Waals surface area contributed by atoms with Crippen molar-refractivity contribution in [2.24, 2.45) is 0 Å². The number of hydrogen-bond donors (Lipinski definition) is 2. The van der Waals surface area contributed by atoms with Crippen molar-refractivity contribution >= 4 is 46.2 Å². The predicted octanol–water partition coefficient (Wildman–Crippen LogP) is 3.26. The highest BCUT2D eigenvalue weighted by molar-refractivity contribution is 8.26. The van der Waals surface area contributed by atoms with E-state index in [0.29, 0.717) is 16.0 Å². The number of amides is 2. The second-order valence-corrected chi connectivity index (χ2v) is 7.77. The van der Waals surface area contributed by atoms with Gasteiger partial charge < -0.3 is 14.6 Å². The number of hydrazine groups is 1. The van der Waals surface area contributed by atoms with Crippen LogP contribution in [0.1, 0.15) is 21.5 Å². The lowest BCUT2D eigenvalue weighted by Gasteiger charge is -2.15. The Kier molecular flexibility index (Phi) is 6.09. The zero-order chi connectivity index (χ0) is 21.1. The first kappa shape index (κ1) is 20.7. The molecule has 1 aliphatic heterocycles. The standard InChI is InChI=1S/C20H18N2O5S2/c1-11-4-6-13(7-5-11)18(24)21-22-19(25)16(29-20(22)28)10-12-8-14(26-2)17(23)15(9-12)27-3/h4-10,23H,1-3H3,(H,21,24)/b16-10-. The largest absolute Gasteiger partial charge is 0.502 e. The van der Waals surface area contributed by atoms with Gasteiger partial charge in [-0.15, -0.1) is 0 Å². The second kappa shape index (κ2) is 8.54. The van der Waals surface area contributed by atoms with Gasteiger partial charge in [-0.2, -0.15) is 5.01 Å². The molecular formula is C20H18N2O5S2. The summed E-state index contributed by atoms with van der Waals surface area (Å²) >= 11 is 6.30. The molecule has 0 radical (unpaired) electrons. The molecule has 9 heteroatoms. The Labute approximate surface area is 177 Å². The third-order valence-electron chi connectivity index (χ3n) is 4.12. The summed E-state index contributed by atoms with van der Waals surface area (Å²) in [6.45, 7) is 1.92. The number of thiocarbonyl (C=S) groups is 1.